The summed E-state index contributed by atoms with van der Waals surface area (Å²) in [6.45, 7) is 6.08. The van der Waals surface area contributed by atoms with Gasteiger partial charge in [0.05, 0.1) is 6.10 Å². The molecule has 2 atom stereocenters. The third-order valence-corrected chi connectivity index (χ3v) is 4.81. The van der Waals surface area contributed by atoms with Crippen LogP contribution in [0.15, 0.2) is 42.5 Å². The molecule has 3 N–H and O–H groups in total. The van der Waals surface area contributed by atoms with E-state index in [0.717, 1.165) is 19.4 Å². The summed E-state index contributed by atoms with van der Waals surface area (Å²) in [7, 11) is 0. The molecule has 0 bridgehead atoms. The Labute approximate surface area is 139 Å². The molecule has 1 aliphatic rings. The zero-order valence-electron chi connectivity index (χ0n) is 14.2. The molecule has 0 saturated carbocycles. The van der Waals surface area contributed by atoms with Gasteiger partial charge >= 0.3 is 0 Å². The number of aliphatic hydroxyl groups excluding tert-OH is 1. The second-order valence-electron chi connectivity index (χ2n) is 7.39. The average Bonchev–Trinajstić information content (AvgIpc) is 3.07. The summed E-state index contributed by atoms with van der Waals surface area (Å²) in [4.78, 5) is 0. The van der Waals surface area contributed by atoms with Gasteiger partial charge in [-0.3, -0.25) is 0 Å². The molecule has 2 aromatic carbocycles. The first kappa shape index (κ1) is 16.4. The van der Waals surface area contributed by atoms with Crippen molar-refractivity contribution in [3.8, 4) is 0 Å². The van der Waals surface area contributed by atoms with Crippen LogP contribution in [0.4, 0.5) is 0 Å². The predicted molar refractivity (Wildman–Crippen MR) is 96.8 cm³/mol. The van der Waals surface area contributed by atoms with Crippen LogP contribution in [0.2, 0.25) is 0 Å². The Morgan fingerprint density at radius 3 is 2.74 bits per heavy atom. The highest BCUT2D eigenvalue weighted by molar-refractivity contribution is 5.83. The normalized spacial score (nSPS) is 20.0. The molecule has 1 fully saturated rings. The molecule has 0 radical (unpaired) electrons. The summed E-state index contributed by atoms with van der Waals surface area (Å²) in [5.41, 5.74) is 1.29. The van der Waals surface area contributed by atoms with Crippen molar-refractivity contribution in [3.05, 3.63) is 48.0 Å². The molecule has 124 valence electrons. The van der Waals surface area contributed by atoms with Crippen molar-refractivity contribution in [1.82, 2.24) is 10.6 Å². The molecule has 2 unspecified atom stereocenters. The van der Waals surface area contributed by atoms with E-state index in [1.807, 2.05) is 0 Å². The van der Waals surface area contributed by atoms with Gasteiger partial charge in [-0.05, 0) is 56.0 Å². The Morgan fingerprint density at radius 1 is 1.22 bits per heavy atom. The minimum Gasteiger partial charge on any atom is -0.390 e. The Bertz CT molecular complexity index is 647. The van der Waals surface area contributed by atoms with Gasteiger partial charge in [-0.25, -0.2) is 0 Å². The van der Waals surface area contributed by atoms with Gasteiger partial charge in [0.15, 0.2) is 0 Å². The van der Waals surface area contributed by atoms with Gasteiger partial charge in [-0.2, -0.15) is 0 Å². The first-order chi connectivity index (χ1) is 11.0. The smallest absolute Gasteiger partial charge is 0.0817 e. The second-order valence-corrected chi connectivity index (χ2v) is 7.39. The Morgan fingerprint density at radius 2 is 2.00 bits per heavy atom. The van der Waals surface area contributed by atoms with E-state index in [1.54, 1.807) is 0 Å². The number of hydrogen-bond donors (Lipinski definition) is 3. The van der Waals surface area contributed by atoms with Gasteiger partial charge in [-0.1, -0.05) is 42.5 Å². The third kappa shape index (κ3) is 4.31. The number of rotatable bonds is 6. The Balaban J connectivity index is 1.60. The van der Waals surface area contributed by atoms with E-state index >= 15 is 0 Å². The topological polar surface area (TPSA) is 44.3 Å². The standard InChI is InChI=1S/C20H28N2O/c1-20(2,22-14-19(23)18-8-5-11-21-18)13-15-9-10-16-6-3-4-7-17(16)12-15/h3-4,6-7,9-10,12,18-19,21-23H,5,8,11,13-14H2,1-2H3. The largest absolute Gasteiger partial charge is 0.390 e. The molecule has 0 spiro atoms. The maximum atomic E-state index is 10.3. The van der Waals surface area contributed by atoms with Crippen molar-refractivity contribution in [2.45, 2.75) is 50.8 Å². The van der Waals surface area contributed by atoms with E-state index in [2.05, 4.69) is 66.9 Å². The predicted octanol–water partition coefficient (Wildman–Crippen LogP) is 2.86. The quantitative estimate of drug-likeness (QED) is 0.768. The molecule has 0 aromatic heterocycles. The lowest BCUT2D eigenvalue weighted by molar-refractivity contribution is 0.123. The number of fused-ring (bicyclic) bond motifs is 1. The maximum absolute atomic E-state index is 10.3. The van der Waals surface area contributed by atoms with Crippen LogP contribution in [0.3, 0.4) is 0 Å². The number of nitrogens with one attached hydrogen (secondary N) is 2. The van der Waals surface area contributed by atoms with Crippen molar-refractivity contribution >= 4 is 10.8 Å². The Kier molecular flexibility index (Phi) is 5.00. The van der Waals surface area contributed by atoms with Crippen molar-refractivity contribution < 1.29 is 5.11 Å². The van der Waals surface area contributed by atoms with E-state index < -0.39 is 0 Å². The van der Waals surface area contributed by atoms with Gasteiger partial charge in [0.2, 0.25) is 0 Å². The third-order valence-electron chi connectivity index (χ3n) is 4.81. The van der Waals surface area contributed by atoms with Crippen molar-refractivity contribution in [2.75, 3.05) is 13.1 Å². The highest BCUT2D eigenvalue weighted by Gasteiger charge is 2.25. The minimum absolute atomic E-state index is 0.0396. The molecule has 23 heavy (non-hydrogen) atoms. The molecule has 1 saturated heterocycles. The molecule has 0 aliphatic carbocycles. The molecule has 3 heteroatoms. The number of aliphatic hydroxyl groups is 1. The van der Waals surface area contributed by atoms with E-state index in [4.69, 9.17) is 0 Å². The molecule has 1 heterocycles. The van der Waals surface area contributed by atoms with E-state index in [1.165, 1.54) is 22.8 Å². The van der Waals surface area contributed by atoms with Crippen molar-refractivity contribution in [2.24, 2.45) is 0 Å². The van der Waals surface area contributed by atoms with Gasteiger partial charge in [-0.15, -0.1) is 0 Å². The zero-order valence-corrected chi connectivity index (χ0v) is 14.2. The van der Waals surface area contributed by atoms with Gasteiger partial charge in [0.1, 0.15) is 0 Å². The maximum Gasteiger partial charge on any atom is 0.0817 e. The lowest BCUT2D eigenvalue weighted by Crippen LogP contribution is -2.49. The monoisotopic (exact) mass is 312 g/mol. The van der Waals surface area contributed by atoms with Gasteiger partial charge in [0, 0.05) is 18.1 Å². The molecular formula is C20H28N2O. The molecule has 1 aliphatic heterocycles. The fourth-order valence-corrected chi connectivity index (χ4v) is 3.48. The van der Waals surface area contributed by atoms with Crippen LogP contribution < -0.4 is 10.6 Å². The fourth-order valence-electron chi connectivity index (χ4n) is 3.48. The molecule has 2 aromatic rings. The van der Waals surface area contributed by atoms with Gasteiger partial charge in [0.25, 0.3) is 0 Å². The summed E-state index contributed by atoms with van der Waals surface area (Å²) >= 11 is 0. The summed E-state index contributed by atoms with van der Waals surface area (Å²) in [5, 5.41) is 19.8. The van der Waals surface area contributed by atoms with E-state index in [9.17, 15) is 5.11 Å². The fraction of sp³-hybridized carbons (Fsp3) is 0.500. The van der Waals surface area contributed by atoms with Crippen LogP contribution in [0.1, 0.15) is 32.3 Å². The average molecular weight is 312 g/mol. The SMILES string of the molecule is CC(C)(Cc1ccc2ccccc2c1)NCC(O)C1CCCN1. The summed E-state index contributed by atoms with van der Waals surface area (Å²) in [5.74, 6) is 0. The highest BCUT2D eigenvalue weighted by atomic mass is 16.3. The van der Waals surface area contributed by atoms with Crippen LogP contribution in [-0.2, 0) is 6.42 Å². The van der Waals surface area contributed by atoms with Crippen molar-refractivity contribution in [1.29, 1.82) is 0 Å². The summed E-state index contributed by atoms with van der Waals surface area (Å²) < 4.78 is 0. The molecular weight excluding hydrogens is 284 g/mol. The molecule has 3 rings (SSSR count). The minimum atomic E-state index is -0.312. The lowest BCUT2D eigenvalue weighted by Gasteiger charge is -2.29. The first-order valence-electron chi connectivity index (χ1n) is 8.68. The molecule has 3 nitrogen and oxygen atoms in total. The van der Waals surface area contributed by atoms with Crippen LogP contribution in [-0.4, -0.2) is 35.9 Å². The second kappa shape index (κ2) is 7.00. The van der Waals surface area contributed by atoms with Crippen LogP contribution in [0.5, 0.6) is 0 Å². The number of β-amino-alcohol motifs (C(OH)–C–C–N with tert-alkyl or cyclic N) is 1. The zero-order chi connectivity index (χ0) is 16.3. The summed E-state index contributed by atoms with van der Waals surface area (Å²) in [6, 6.07) is 15.4. The summed E-state index contributed by atoms with van der Waals surface area (Å²) in [6.07, 6.45) is 2.88. The number of hydrogen-bond acceptors (Lipinski definition) is 3. The van der Waals surface area contributed by atoms with Crippen LogP contribution in [0.25, 0.3) is 10.8 Å². The first-order valence-corrected chi connectivity index (χ1v) is 8.68. The van der Waals surface area contributed by atoms with Gasteiger partial charge < -0.3 is 15.7 Å². The van der Waals surface area contributed by atoms with E-state index in [-0.39, 0.29) is 17.7 Å². The van der Waals surface area contributed by atoms with Crippen molar-refractivity contribution in [3.63, 3.8) is 0 Å². The number of benzene rings is 2. The Hall–Kier alpha value is -1.42. The van der Waals surface area contributed by atoms with Crippen LogP contribution >= 0.6 is 0 Å². The van der Waals surface area contributed by atoms with E-state index in [0.29, 0.717) is 6.54 Å². The highest BCUT2D eigenvalue weighted by Crippen LogP contribution is 2.20. The van der Waals surface area contributed by atoms with Crippen LogP contribution in [0, 0.1) is 0 Å². The molecule has 0 amide bonds. The lowest BCUT2D eigenvalue weighted by atomic mass is 9.93.